The zero-order valence-electron chi connectivity index (χ0n) is 16.5. The molecule has 1 heterocycles. The number of nitrogens with one attached hydrogen (secondary N) is 1. The first-order valence-corrected chi connectivity index (χ1v) is 9.38. The minimum absolute atomic E-state index is 0.00522. The van der Waals surface area contributed by atoms with Gasteiger partial charge in [-0.15, -0.1) is 0 Å². The van der Waals surface area contributed by atoms with Crippen LogP contribution in [-0.2, 0) is 24.3 Å². The van der Waals surface area contributed by atoms with Gasteiger partial charge in [-0.1, -0.05) is 30.3 Å². The zero-order valence-corrected chi connectivity index (χ0v) is 16.5. The molecule has 3 rings (SSSR count). The second-order valence-corrected chi connectivity index (χ2v) is 6.70. The Morgan fingerprint density at radius 2 is 1.71 bits per heavy atom. The molecule has 0 spiro atoms. The van der Waals surface area contributed by atoms with Gasteiger partial charge in [0.2, 0.25) is 0 Å². The van der Waals surface area contributed by atoms with Gasteiger partial charge in [-0.25, -0.2) is 9.78 Å². The third kappa shape index (κ3) is 6.10. The van der Waals surface area contributed by atoms with E-state index in [-0.39, 0.29) is 31.0 Å². The number of hydrogen-bond donors (Lipinski definition) is 2. The number of rotatable bonds is 8. The summed E-state index contributed by atoms with van der Waals surface area (Å²) in [6.07, 6.45) is 1.11. The number of nitrogens with zero attached hydrogens (tertiary/aromatic N) is 2. The Balaban J connectivity index is 1.46. The maximum Gasteiger partial charge on any atom is 0.407 e. The van der Waals surface area contributed by atoms with Crippen LogP contribution in [0.25, 0.3) is 0 Å². The summed E-state index contributed by atoms with van der Waals surface area (Å²) in [6, 6.07) is 16.1. The van der Waals surface area contributed by atoms with Crippen LogP contribution in [0.1, 0.15) is 27.0 Å². The summed E-state index contributed by atoms with van der Waals surface area (Å²) in [6.45, 7) is 0.220. The highest BCUT2D eigenvalue weighted by atomic mass is 16.6. The molecule has 0 aliphatic heterocycles. The molecule has 31 heavy (non-hydrogen) atoms. The minimum Gasteiger partial charge on any atom is -0.445 e. The molecule has 0 saturated heterocycles. The SMILES string of the molecule is Nc1ncccc1CC(=O)c1ccc(CNC(=O)OCc2ccc([N+](=O)[O-])cc2)cc1. The molecule has 3 N–H and O–H groups in total. The standard InChI is InChI=1S/C22H20N4O5/c23-21-18(2-1-11-24-21)12-20(27)17-7-3-15(4-8-17)13-25-22(28)31-14-16-5-9-19(10-6-16)26(29)30/h1-11H,12-14H2,(H2,23,24)(H,25,28). The third-order valence-corrected chi connectivity index (χ3v) is 4.51. The van der Waals surface area contributed by atoms with Gasteiger partial charge >= 0.3 is 6.09 Å². The molecule has 0 radical (unpaired) electrons. The average molecular weight is 420 g/mol. The van der Waals surface area contributed by atoms with E-state index in [1.807, 2.05) is 0 Å². The topological polar surface area (TPSA) is 137 Å². The molecule has 0 saturated carbocycles. The number of ketones is 1. The van der Waals surface area contributed by atoms with Gasteiger partial charge in [0, 0.05) is 42.4 Å². The number of carbonyl (C=O) groups is 2. The van der Waals surface area contributed by atoms with Crippen LogP contribution in [0.15, 0.2) is 66.9 Å². The van der Waals surface area contributed by atoms with Crippen molar-refractivity contribution in [1.82, 2.24) is 10.3 Å². The van der Waals surface area contributed by atoms with E-state index in [0.717, 1.165) is 5.56 Å². The molecular weight excluding hydrogens is 400 g/mol. The molecule has 0 unspecified atom stereocenters. The van der Waals surface area contributed by atoms with Crippen molar-refractivity contribution in [2.24, 2.45) is 0 Å². The predicted molar refractivity (Wildman–Crippen MR) is 113 cm³/mol. The number of nitrogens with two attached hydrogens (primary N) is 1. The molecule has 0 bridgehead atoms. The number of nitrogen functional groups attached to an aromatic ring is 1. The predicted octanol–water partition coefficient (Wildman–Crippen LogP) is 3.42. The molecule has 0 atom stereocenters. The van der Waals surface area contributed by atoms with Crippen LogP contribution in [0.3, 0.4) is 0 Å². The van der Waals surface area contributed by atoms with Gasteiger partial charge in [0.25, 0.3) is 5.69 Å². The van der Waals surface area contributed by atoms with Crippen molar-refractivity contribution in [1.29, 1.82) is 0 Å². The van der Waals surface area contributed by atoms with Crippen LogP contribution in [0.2, 0.25) is 0 Å². The Labute approximate surface area is 178 Å². The second-order valence-electron chi connectivity index (χ2n) is 6.70. The number of non-ortho nitro benzene ring substituents is 1. The maximum absolute atomic E-state index is 12.4. The lowest BCUT2D eigenvalue weighted by molar-refractivity contribution is -0.384. The Kier molecular flexibility index (Phi) is 6.89. The van der Waals surface area contributed by atoms with Crippen molar-refractivity contribution in [3.63, 3.8) is 0 Å². The van der Waals surface area contributed by atoms with Crippen LogP contribution in [0.4, 0.5) is 16.3 Å². The normalized spacial score (nSPS) is 10.3. The molecule has 9 nitrogen and oxygen atoms in total. The summed E-state index contributed by atoms with van der Waals surface area (Å²) in [4.78, 5) is 38.4. The highest BCUT2D eigenvalue weighted by molar-refractivity contribution is 5.98. The lowest BCUT2D eigenvalue weighted by Crippen LogP contribution is -2.23. The van der Waals surface area contributed by atoms with Crippen molar-refractivity contribution >= 4 is 23.4 Å². The summed E-state index contributed by atoms with van der Waals surface area (Å²) in [5, 5.41) is 13.3. The Bertz CT molecular complexity index is 1080. The first-order chi connectivity index (χ1) is 14.9. The summed E-state index contributed by atoms with van der Waals surface area (Å²) in [5.74, 6) is 0.255. The number of aromatic nitrogens is 1. The maximum atomic E-state index is 12.4. The molecule has 1 amide bonds. The largest absolute Gasteiger partial charge is 0.445 e. The molecule has 0 fully saturated rings. The molecule has 3 aromatic rings. The number of anilines is 1. The summed E-state index contributed by atoms with van der Waals surface area (Å²) < 4.78 is 5.10. The third-order valence-electron chi connectivity index (χ3n) is 4.51. The van der Waals surface area contributed by atoms with E-state index in [1.54, 1.807) is 42.6 Å². The van der Waals surface area contributed by atoms with Gasteiger partial charge in [0.1, 0.15) is 12.4 Å². The lowest BCUT2D eigenvalue weighted by Gasteiger charge is -2.08. The molecule has 9 heteroatoms. The van der Waals surface area contributed by atoms with Gasteiger partial charge < -0.3 is 15.8 Å². The number of nitro groups is 1. The number of ether oxygens (including phenoxy) is 1. The highest BCUT2D eigenvalue weighted by Gasteiger charge is 2.10. The van der Waals surface area contributed by atoms with Crippen LogP contribution in [0.5, 0.6) is 0 Å². The fourth-order valence-corrected chi connectivity index (χ4v) is 2.77. The Morgan fingerprint density at radius 1 is 1.03 bits per heavy atom. The number of benzene rings is 2. The van der Waals surface area contributed by atoms with Gasteiger partial charge in [-0.3, -0.25) is 14.9 Å². The second kappa shape index (κ2) is 9.97. The monoisotopic (exact) mass is 420 g/mol. The number of Topliss-reactive ketones (excluding diaryl/α,β-unsaturated/α-hetero) is 1. The van der Waals surface area contributed by atoms with Crippen molar-refractivity contribution in [2.75, 3.05) is 5.73 Å². The number of alkyl carbamates (subject to hydrolysis) is 1. The van der Waals surface area contributed by atoms with E-state index in [1.165, 1.54) is 24.3 Å². The van der Waals surface area contributed by atoms with Gasteiger partial charge in [-0.2, -0.15) is 0 Å². The van der Waals surface area contributed by atoms with Gasteiger partial charge in [-0.05, 0) is 29.3 Å². The van der Waals surface area contributed by atoms with E-state index in [9.17, 15) is 19.7 Å². The van der Waals surface area contributed by atoms with Crippen molar-refractivity contribution in [3.8, 4) is 0 Å². The Hall–Kier alpha value is -4.27. The zero-order chi connectivity index (χ0) is 22.2. The number of carbonyl (C=O) groups excluding carboxylic acids is 2. The van der Waals surface area contributed by atoms with Crippen LogP contribution >= 0.6 is 0 Å². The van der Waals surface area contributed by atoms with Gasteiger partial charge in [0.05, 0.1) is 4.92 Å². The fraction of sp³-hybridized carbons (Fsp3) is 0.136. The highest BCUT2D eigenvalue weighted by Crippen LogP contribution is 2.14. The summed E-state index contributed by atoms with van der Waals surface area (Å²) in [5.41, 5.74) is 8.39. The molecule has 0 aliphatic rings. The average Bonchev–Trinajstić information content (AvgIpc) is 2.78. The minimum atomic E-state index is -0.620. The quantitative estimate of drug-likeness (QED) is 0.323. The number of amides is 1. The van der Waals surface area contributed by atoms with Gasteiger partial charge in [0.15, 0.2) is 5.78 Å². The van der Waals surface area contributed by atoms with E-state index < -0.39 is 11.0 Å². The van der Waals surface area contributed by atoms with Crippen LogP contribution < -0.4 is 11.1 Å². The number of nitro benzene ring substituents is 1. The Morgan fingerprint density at radius 3 is 2.35 bits per heavy atom. The number of hydrogen-bond acceptors (Lipinski definition) is 7. The molecule has 2 aromatic carbocycles. The summed E-state index contributed by atoms with van der Waals surface area (Å²) >= 11 is 0. The van der Waals surface area contributed by atoms with Crippen molar-refractivity contribution in [2.45, 2.75) is 19.6 Å². The fourth-order valence-electron chi connectivity index (χ4n) is 2.77. The van der Waals surface area contributed by atoms with E-state index in [0.29, 0.717) is 22.5 Å². The van der Waals surface area contributed by atoms with Crippen LogP contribution in [0, 0.1) is 10.1 Å². The summed E-state index contributed by atoms with van der Waals surface area (Å²) in [7, 11) is 0. The van der Waals surface area contributed by atoms with Crippen molar-refractivity contribution in [3.05, 3.63) is 99.2 Å². The van der Waals surface area contributed by atoms with E-state index >= 15 is 0 Å². The molecule has 158 valence electrons. The first kappa shape index (κ1) is 21.4. The van der Waals surface area contributed by atoms with Crippen LogP contribution in [-0.4, -0.2) is 21.8 Å². The van der Waals surface area contributed by atoms with Crippen molar-refractivity contribution < 1.29 is 19.2 Å². The molecular formula is C22H20N4O5. The molecule has 1 aromatic heterocycles. The van der Waals surface area contributed by atoms with E-state index in [4.69, 9.17) is 10.5 Å². The smallest absolute Gasteiger partial charge is 0.407 e. The first-order valence-electron chi connectivity index (χ1n) is 9.38. The molecule has 0 aliphatic carbocycles. The lowest BCUT2D eigenvalue weighted by atomic mass is 10.0. The number of pyridine rings is 1. The van der Waals surface area contributed by atoms with E-state index in [2.05, 4.69) is 10.3 Å².